The van der Waals surface area contributed by atoms with Gasteiger partial charge in [0, 0.05) is 13.7 Å². The lowest BCUT2D eigenvalue weighted by Gasteiger charge is -2.18. The second-order valence-electron chi connectivity index (χ2n) is 3.66. The molecule has 3 N–H and O–H groups in total. The third kappa shape index (κ3) is 3.57. The zero-order valence-electron chi connectivity index (χ0n) is 9.90. The average molecular weight is 236 g/mol. The minimum atomic E-state index is -0.996. The number of nitrogens with one attached hydrogen (secondary N) is 1. The van der Waals surface area contributed by atoms with Gasteiger partial charge in [0.15, 0.2) is 0 Å². The van der Waals surface area contributed by atoms with Crippen LogP contribution in [0.3, 0.4) is 0 Å². The number of nitrogens with two attached hydrogens (primary N) is 1. The van der Waals surface area contributed by atoms with E-state index in [0.29, 0.717) is 0 Å². The van der Waals surface area contributed by atoms with Crippen LogP contribution in [0, 0.1) is 6.92 Å². The van der Waals surface area contributed by atoms with Crippen LogP contribution in [0.15, 0.2) is 24.3 Å². The number of rotatable bonds is 4. The summed E-state index contributed by atoms with van der Waals surface area (Å²) in [6.45, 7) is 2.17. The number of benzene rings is 1. The zero-order valence-corrected chi connectivity index (χ0v) is 9.90. The predicted molar refractivity (Wildman–Crippen MR) is 63.1 cm³/mol. The van der Waals surface area contributed by atoms with Gasteiger partial charge in [-0.05, 0) is 18.1 Å². The Morgan fingerprint density at radius 1 is 1.41 bits per heavy atom. The van der Waals surface area contributed by atoms with E-state index < -0.39 is 11.8 Å². The summed E-state index contributed by atoms with van der Waals surface area (Å²) in [7, 11) is 1.55. The molecule has 92 valence electrons. The highest BCUT2D eigenvalue weighted by Gasteiger charge is 2.15. The summed E-state index contributed by atoms with van der Waals surface area (Å²) in [4.78, 5) is 21.6. The minimum absolute atomic E-state index is 0.211. The Morgan fingerprint density at radius 2 is 2.06 bits per heavy atom. The number of aryl methyl sites for hydroxylation is 1. The van der Waals surface area contributed by atoms with Gasteiger partial charge >= 0.3 is 11.8 Å². The molecule has 0 fully saturated rings. The third-order valence-electron chi connectivity index (χ3n) is 2.49. The fourth-order valence-electron chi connectivity index (χ4n) is 1.54. The van der Waals surface area contributed by atoms with Gasteiger partial charge in [-0.3, -0.25) is 9.59 Å². The molecule has 0 aliphatic carbocycles. The maximum atomic E-state index is 11.0. The molecule has 1 aromatic carbocycles. The van der Waals surface area contributed by atoms with Gasteiger partial charge in [0.05, 0.1) is 6.10 Å². The molecule has 1 aromatic rings. The molecule has 1 unspecified atom stereocenters. The van der Waals surface area contributed by atoms with Gasteiger partial charge in [0.2, 0.25) is 0 Å². The van der Waals surface area contributed by atoms with E-state index in [0.717, 1.165) is 11.1 Å². The molecular formula is C12H16N2O3. The summed E-state index contributed by atoms with van der Waals surface area (Å²) in [5, 5.41) is 2.42. The van der Waals surface area contributed by atoms with Crippen molar-refractivity contribution < 1.29 is 14.3 Å². The fourth-order valence-corrected chi connectivity index (χ4v) is 1.54. The number of primary amides is 1. The van der Waals surface area contributed by atoms with Gasteiger partial charge in [0.1, 0.15) is 0 Å². The number of hydrogen-bond donors (Lipinski definition) is 2. The smallest absolute Gasteiger partial charge is 0.309 e. The van der Waals surface area contributed by atoms with Gasteiger partial charge in [-0.25, -0.2) is 0 Å². The molecule has 0 spiro atoms. The summed E-state index contributed by atoms with van der Waals surface area (Å²) in [6, 6.07) is 7.69. The van der Waals surface area contributed by atoms with Crippen molar-refractivity contribution in [3.63, 3.8) is 0 Å². The largest absolute Gasteiger partial charge is 0.375 e. The number of carbonyl (C=O) groups excluding carboxylic acids is 2. The first-order valence-electron chi connectivity index (χ1n) is 5.22. The topological polar surface area (TPSA) is 81.4 Å². The van der Waals surface area contributed by atoms with E-state index in [9.17, 15) is 9.59 Å². The third-order valence-corrected chi connectivity index (χ3v) is 2.49. The number of amides is 2. The molecule has 0 aromatic heterocycles. The van der Waals surface area contributed by atoms with Crippen LogP contribution < -0.4 is 11.1 Å². The van der Waals surface area contributed by atoms with Crippen LogP contribution in [0.4, 0.5) is 0 Å². The Morgan fingerprint density at radius 3 is 2.59 bits per heavy atom. The Kier molecular flexibility index (Phi) is 4.66. The predicted octanol–water partition coefficient (Wildman–Crippen LogP) is 0.284. The summed E-state index contributed by atoms with van der Waals surface area (Å²) in [5.41, 5.74) is 6.88. The molecule has 0 saturated carbocycles. The highest BCUT2D eigenvalue weighted by Crippen LogP contribution is 2.19. The molecule has 1 rings (SSSR count). The van der Waals surface area contributed by atoms with Crippen molar-refractivity contribution in [2.75, 3.05) is 13.7 Å². The normalized spacial score (nSPS) is 11.9. The molecule has 5 heteroatoms. The second-order valence-corrected chi connectivity index (χ2v) is 3.66. The lowest BCUT2D eigenvalue weighted by atomic mass is 10.0. The minimum Gasteiger partial charge on any atom is -0.375 e. The van der Waals surface area contributed by atoms with Gasteiger partial charge in [0.25, 0.3) is 0 Å². The fraction of sp³-hybridized carbons (Fsp3) is 0.333. The SMILES string of the molecule is COC(CNC(=O)C(N)=O)c1ccccc1C. The molecule has 0 aliphatic rings. The highest BCUT2D eigenvalue weighted by atomic mass is 16.5. The van der Waals surface area contributed by atoms with Crippen LogP contribution in [0.5, 0.6) is 0 Å². The molecule has 0 aliphatic heterocycles. The van der Waals surface area contributed by atoms with Gasteiger partial charge in [-0.15, -0.1) is 0 Å². The summed E-state index contributed by atoms with van der Waals surface area (Å²) < 4.78 is 5.28. The monoisotopic (exact) mass is 236 g/mol. The standard InChI is InChI=1S/C12H16N2O3/c1-8-5-3-4-6-9(8)10(17-2)7-14-12(16)11(13)15/h3-6,10H,7H2,1-2H3,(H2,13,15)(H,14,16). The first-order chi connectivity index (χ1) is 8.06. The van der Waals surface area contributed by atoms with Crippen molar-refractivity contribution in [2.24, 2.45) is 5.73 Å². The number of ether oxygens (including phenoxy) is 1. The van der Waals surface area contributed by atoms with E-state index in [1.807, 2.05) is 31.2 Å². The van der Waals surface area contributed by atoms with E-state index in [1.165, 1.54) is 0 Å². The van der Waals surface area contributed by atoms with Crippen LogP contribution in [0.25, 0.3) is 0 Å². The van der Waals surface area contributed by atoms with Crippen molar-refractivity contribution >= 4 is 11.8 Å². The molecule has 1 atom stereocenters. The highest BCUT2D eigenvalue weighted by molar-refractivity contribution is 6.34. The van der Waals surface area contributed by atoms with Gasteiger partial charge in [-0.1, -0.05) is 24.3 Å². The summed E-state index contributed by atoms with van der Waals surface area (Å²) >= 11 is 0. The van der Waals surface area contributed by atoms with Gasteiger partial charge in [-0.2, -0.15) is 0 Å². The second kappa shape index (κ2) is 6.00. The van der Waals surface area contributed by atoms with Crippen LogP contribution in [0.1, 0.15) is 17.2 Å². The van der Waals surface area contributed by atoms with E-state index in [-0.39, 0.29) is 12.6 Å². The Hall–Kier alpha value is -1.88. The first kappa shape index (κ1) is 13.2. The van der Waals surface area contributed by atoms with Crippen LogP contribution in [-0.2, 0) is 14.3 Å². The molecule has 0 radical (unpaired) electrons. The van der Waals surface area contributed by atoms with E-state index in [1.54, 1.807) is 7.11 Å². The van der Waals surface area contributed by atoms with Crippen molar-refractivity contribution in [1.29, 1.82) is 0 Å². The Bertz CT molecular complexity index is 418. The van der Waals surface area contributed by atoms with Crippen LogP contribution in [0.2, 0.25) is 0 Å². The molecule has 5 nitrogen and oxygen atoms in total. The molecule has 0 heterocycles. The van der Waals surface area contributed by atoms with E-state index in [4.69, 9.17) is 10.5 Å². The van der Waals surface area contributed by atoms with Gasteiger partial charge < -0.3 is 15.8 Å². The summed E-state index contributed by atoms with van der Waals surface area (Å²) in [6.07, 6.45) is -0.292. The van der Waals surface area contributed by atoms with E-state index in [2.05, 4.69) is 5.32 Å². The van der Waals surface area contributed by atoms with Crippen LogP contribution >= 0.6 is 0 Å². The molecule has 2 amide bonds. The van der Waals surface area contributed by atoms with Crippen molar-refractivity contribution in [1.82, 2.24) is 5.32 Å². The lowest BCUT2D eigenvalue weighted by molar-refractivity contribution is -0.137. The maximum absolute atomic E-state index is 11.0. The number of hydrogen-bond acceptors (Lipinski definition) is 3. The van der Waals surface area contributed by atoms with Crippen LogP contribution in [-0.4, -0.2) is 25.5 Å². The summed E-state index contributed by atoms with van der Waals surface area (Å²) in [5.74, 6) is -1.80. The zero-order chi connectivity index (χ0) is 12.8. The molecular weight excluding hydrogens is 220 g/mol. The van der Waals surface area contributed by atoms with Crippen molar-refractivity contribution in [2.45, 2.75) is 13.0 Å². The number of carbonyl (C=O) groups is 2. The Balaban J connectivity index is 2.70. The Labute approximate surface area is 99.9 Å². The first-order valence-corrected chi connectivity index (χ1v) is 5.22. The molecule has 0 bridgehead atoms. The van der Waals surface area contributed by atoms with E-state index >= 15 is 0 Å². The molecule has 17 heavy (non-hydrogen) atoms. The maximum Gasteiger partial charge on any atom is 0.309 e. The molecule has 0 saturated heterocycles. The van der Waals surface area contributed by atoms with Crippen molar-refractivity contribution in [3.05, 3.63) is 35.4 Å². The average Bonchev–Trinajstić information content (AvgIpc) is 2.31. The quantitative estimate of drug-likeness (QED) is 0.737. The lowest BCUT2D eigenvalue weighted by Crippen LogP contribution is -2.38. The van der Waals surface area contributed by atoms with Crippen molar-refractivity contribution in [3.8, 4) is 0 Å². The number of methoxy groups -OCH3 is 1.